The van der Waals surface area contributed by atoms with E-state index >= 15 is 0 Å². The summed E-state index contributed by atoms with van der Waals surface area (Å²) in [6.45, 7) is 5.45. The molecule has 0 aliphatic carbocycles. The second-order valence-electron chi connectivity index (χ2n) is 5.73. The van der Waals surface area contributed by atoms with Crippen molar-refractivity contribution in [1.82, 2.24) is 0 Å². The third-order valence-corrected chi connectivity index (χ3v) is 4.02. The number of rotatable bonds is 8. The summed E-state index contributed by atoms with van der Waals surface area (Å²) in [7, 11) is 0.134. The molecule has 0 aliphatic rings. The first kappa shape index (κ1) is 16.9. The Balaban J connectivity index is 2.45. The molecule has 0 unspecified atom stereocenters. The van der Waals surface area contributed by atoms with Gasteiger partial charge in [0.2, 0.25) is 0 Å². The Bertz CT molecular complexity index is 533. The SMILES string of the molecule is C=Cc1ccc(C[N+](C)(C)CCCCS(=O)(=O)[O-])cc1. The minimum atomic E-state index is -4.07. The molecule has 0 aromatic heterocycles. The fourth-order valence-corrected chi connectivity index (χ4v) is 2.71. The van der Waals surface area contributed by atoms with Crippen molar-refractivity contribution in [2.45, 2.75) is 19.4 Å². The lowest BCUT2D eigenvalue weighted by Gasteiger charge is -2.30. The quantitative estimate of drug-likeness (QED) is 0.420. The first-order valence-electron chi connectivity index (χ1n) is 6.69. The van der Waals surface area contributed by atoms with Gasteiger partial charge in [0, 0.05) is 11.3 Å². The monoisotopic (exact) mass is 297 g/mol. The summed E-state index contributed by atoms with van der Waals surface area (Å²) in [5, 5.41) is 0. The minimum Gasteiger partial charge on any atom is -0.748 e. The van der Waals surface area contributed by atoms with Crippen LogP contribution in [0.2, 0.25) is 0 Å². The minimum absolute atomic E-state index is 0.263. The van der Waals surface area contributed by atoms with Crippen LogP contribution >= 0.6 is 0 Å². The molecular weight excluding hydrogens is 274 g/mol. The van der Waals surface area contributed by atoms with E-state index in [1.165, 1.54) is 5.56 Å². The van der Waals surface area contributed by atoms with Crippen molar-refractivity contribution < 1.29 is 17.5 Å². The maximum absolute atomic E-state index is 10.5. The van der Waals surface area contributed by atoms with Crippen molar-refractivity contribution in [3.8, 4) is 0 Å². The largest absolute Gasteiger partial charge is 0.748 e. The number of hydrogen-bond acceptors (Lipinski definition) is 3. The van der Waals surface area contributed by atoms with Gasteiger partial charge in [0.05, 0.1) is 30.8 Å². The zero-order valence-corrected chi connectivity index (χ0v) is 13.0. The van der Waals surface area contributed by atoms with Gasteiger partial charge in [-0.3, -0.25) is 0 Å². The Morgan fingerprint density at radius 1 is 1.20 bits per heavy atom. The Labute approximate surface area is 122 Å². The summed E-state index contributed by atoms with van der Waals surface area (Å²) in [6.07, 6.45) is 2.98. The molecule has 0 N–H and O–H groups in total. The van der Waals surface area contributed by atoms with Gasteiger partial charge < -0.3 is 9.04 Å². The van der Waals surface area contributed by atoms with Crippen LogP contribution in [0.3, 0.4) is 0 Å². The molecule has 0 spiro atoms. The molecule has 1 rings (SSSR count). The zero-order valence-electron chi connectivity index (χ0n) is 12.2. The van der Waals surface area contributed by atoms with Gasteiger partial charge in [-0.2, -0.15) is 0 Å². The summed E-state index contributed by atoms with van der Waals surface area (Å²) in [4.78, 5) is 0. The molecule has 112 valence electrons. The van der Waals surface area contributed by atoms with E-state index in [1.54, 1.807) is 0 Å². The summed E-state index contributed by atoms with van der Waals surface area (Å²) in [5.74, 6) is -0.263. The van der Waals surface area contributed by atoms with E-state index in [9.17, 15) is 13.0 Å². The molecule has 0 radical (unpaired) electrons. The van der Waals surface area contributed by atoms with E-state index in [2.05, 4.69) is 32.8 Å². The predicted octanol–water partition coefficient (Wildman–Crippen LogP) is 2.23. The molecule has 0 aliphatic heterocycles. The normalized spacial score (nSPS) is 12.3. The van der Waals surface area contributed by atoms with Gasteiger partial charge in [0.25, 0.3) is 0 Å². The Morgan fingerprint density at radius 3 is 2.30 bits per heavy atom. The standard InChI is InChI=1S/C15H23NO3S/c1-4-14-7-9-15(10-8-14)13-16(2,3)11-5-6-12-20(17,18)19/h4,7-10H,1,5-6,11-13H2,2-3H3. The molecule has 0 amide bonds. The topological polar surface area (TPSA) is 57.2 Å². The molecule has 1 aromatic rings. The van der Waals surface area contributed by atoms with Gasteiger partial charge in [-0.1, -0.05) is 36.9 Å². The van der Waals surface area contributed by atoms with Crippen molar-refractivity contribution in [1.29, 1.82) is 0 Å². The highest BCUT2D eigenvalue weighted by atomic mass is 32.2. The van der Waals surface area contributed by atoms with Gasteiger partial charge >= 0.3 is 0 Å². The van der Waals surface area contributed by atoms with Gasteiger partial charge in [0.15, 0.2) is 0 Å². The number of nitrogens with zero attached hydrogens (tertiary/aromatic N) is 1. The van der Waals surface area contributed by atoms with Crippen LogP contribution in [-0.2, 0) is 16.7 Å². The Kier molecular flexibility index (Phi) is 5.92. The maximum Gasteiger partial charge on any atom is 0.104 e. The third-order valence-electron chi connectivity index (χ3n) is 3.23. The molecule has 0 atom stereocenters. The predicted molar refractivity (Wildman–Crippen MR) is 81.0 cm³/mol. The van der Waals surface area contributed by atoms with Gasteiger partial charge in [-0.25, -0.2) is 8.42 Å². The zero-order chi connectivity index (χ0) is 15.2. The van der Waals surface area contributed by atoms with Crippen molar-refractivity contribution in [2.24, 2.45) is 0 Å². The van der Waals surface area contributed by atoms with E-state index in [-0.39, 0.29) is 5.75 Å². The lowest BCUT2D eigenvalue weighted by atomic mass is 10.1. The number of benzene rings is 1. The summed E-state index contributed by atoms with van der Waals surface area (Å²) in [5.41, 5.74) is 2.33. The summed E-state index contributed by atoms with van der Waals surface area (Å²) >= 11 is 0. The molecule has 0 saturated carbocycles. The number of quaternary nitrogens is 1. The highest BCUT2D eigenvalue weighted by molar-refractivity contribution is 7.85. The summed E-state index contributed by atoms with van der Waals surface area (Å²) in [6, 6.07) is 8.23. The summed E-state index contributed by atoms with van der Waals surface area (Å²) < 4.78 is 32.4. The third kappa shape index (κ3) is 6.84. The van der Waals surface area contributed by atoms with Crippen LogP contribution in [0, 0.1) is 0 Å². The highest BCUT2D eigenvalue weighted by Gasteiger charge is 2.15. The molecule has 5 heteroatoms. The van der Waals surface area contributed by atoms with Crippen molar-refractivity contribution in [3.05, 3.63) is 42.0 Å². The number of hydrogen-bond donors (Lipinski definition) is 0. The van der Waals surface area contributed by atoms with Crippen LogP contribution in [0.25, 0.3) is 6.08 Å². The van der Waals surface area contributed by atoms with Crippen molar-refractivity contribution in [2.75, 3.05) is 26.4 Å². The van der Waals surface area contributed by atoms with Crippen LogP contribution in [0.4, 0.5) is 0 Å². The fourth-order valence-electron chi connectivity index (χ4n) is 2.15. The fraction of sp³-hybridized carbons (Fsp3) is 0.467. The van der Waals surface area contributed by atoms with Crippen LogP contribution < -0.4 is 0 Å². The van der Waals surface area contributed by atoms with E-state index in [4.69, 9.17) is 0 Å². The molecule has 1 aromatic carbocycles. The lowest BCUT2D eigenvalue weighted by molar-refractivity contribution is -0.903. The van der Waals surface area contributed by atoms with E-state index < -0.39 is 10.1 Å². The molecule has 0 saturated heterocycles. The van der Waals surface area contributed by atoms with Crippen LogP contribution in [0.1, 0.15) is 24.0 Å². The first-order valence-corrected chi connectivity index (χ1v) is 8.26. The van der Waals surface area contributed by atoms with E-state index in [1.807, 2.05) is 18.2 Å². The van der Waals surface area contributed by atoms with E-state index in [0.29, 0.717) is 6.42 Å². The molecule has 0 bridgehead atoms. The Morgan fingerprint density at radius 2 is 1.80 bits per heavy atom. The molecular formula is C15H23NO3S. The average Bonchev–Trinajstić information content (AvgIpc) is 2.34. The van der Waals surface area contributed by atoms with Crippen LogP contribution in [0.5, 0.6) is 0 Å². The van der Waals surface area contributed by atoms with Gasteiger partial charge in [-0.15, -0.1) is 0 Å². The molecule has 4 nitrogen and oxygen atoms in total. The molecule has 0 heterocycles. The lowest BCUT2D eigenvalue weighted by Crippen LogP contribution is -2.39. The van der Waals surface area contributed by atoms with Crippen LogP contribution in [-0.4, -0.2) is 43.8 Å². The van der Waals surface area contributed by atoms with Gasteiger partial charge in [-0.05, 0) is 18.4 Å². The Hall–Kier alpha value is -1.17. The smallest absolute Gasteiger partial charge is 0.104 e. The first-order chi connectivity index (χ1) is 9.22. The highest BCUT2D eigenvalue weighted by Crippen LogP contribution is 2.13. The second-order valence-corrected chi connectivity index (χ2v) is 7.26. The molecule has 0 fully saturated rings. The number of unbranched alkanes of at least 4 members (excludes halogenated alkanes) is 1. The van der Waals surface area contributed by atoms with Crippen molar-refractivity contribution in [3.63, 3.8) is 0 Å². The van der Waals surface area contributed by atoms with Crippen molar-refractivity contribution >= 4 is 16.2 Å². The van der Waals surface area contributed by atoms with Gasteiger partial charge in [0.1, 0.15) is 6.54 Å². The maximum atomic E-state index is 10.5. The van der Waals surface area contributed by atoms with Crippen LogP contribution in [0.15, 0.2) is 30.8 Å². The average molecular weight is 297 g/mol. The van der Waals surface area contributed by atoms with E-state index in [0.717, 1.165) is 29.6 Å². The second kappa shape index (κ2) is 7.02. The molecule has 20 heavy (non-hydrogen) atoms.